The number of nitrogens with one attached hydrogen (secondary N) is 1. The minimum Gasteiger partial charge on any atom is -0.382 e. The number of aryl methyl sites for hydroxylation is 1. The maximum absolute atomic E-state index is 12.1. The van der Waals surface area contributed by atoms with Gasteiger partial charge in [-0.25, -0.2) is 4.98 Å². The Bertz CT molecular complexity index is 651. The fraction of sp³-hybridized carbons (Fsp3) is 0.214. The van der Waals surface area contributed by atoms with Crippen LogP contribution < -0.4 is 5.32 Å². The van der Waals surface area contributed by atoms with E-state index in [1.807, 2.05) is 37.3 Å². The van der Waals surface area contributed by atoms with Gasteiger partial charge in [0.25, 0.3) is 5.91 Å². The molecule has 0 saturated heterocycles. The number of thiazole rings is 1. The number of hydrogen-bond acceptors (Lipinski definition) is 5. The number of hydrogen-bond donors (Lipinski definition) is 1. The highest BCUT2D eigenvalue weighted by atomic mass is 32.1. The Morgan fingerprint density at radius 2 is 2.20 bits per heavy atom. The van der Waals surface area contributed by atoms with Gasteiger partial charge in [0.2, 0.25) is 6.10 Å². The number of aromatic nitrogens is 1. The lowest BCUT2D eigenvalue weighted by Crippen LogP contribution is -2.27. The molecule has 0 aliphatic carbocycles. The molecule has 2 aromatic rings. The second kappa shape index (κ2) is 5.42. The molecule has 1 aromatic heterocycles. The van der Waals surface area contributed by atoms with Gasteiger partial charge in [-0.15, -0.1) is 11.3 Å². The monoisotopic (exact) mass is 287 g/mol. The lowest BCUT2D eigenvalue weighted by Gasteiger charge is -2.06. The number of carbonyl (C=O) groups excluding carboxylic acids is 1. The van der Waals surface area contributed by atoms with Gasteiger partial charge in [-0.05, 0) is 12.5 Å². The summed E-state index contributed by atoms with van der Waals surface area (Å²) in [5, 5.41) is 7.33. The number of amides is 1. The van der Waals surface area contributed by atoms with E-state index in [4.69, 9.17) is 4.84 Å². The summed E-state index contributed by atoms with van der Waals surface area (Å²) < 4.78 is 0. The second-order valence-electron chi connectivity index (χ2n) is 4.47. The van der Waals surface area contributed by atoms with Crippen molar-refractivity contribution in [3.63, 3.8) is 0 Å². The Morgan fingerprint density at radius 3 is 2.90 bits per heavy atom. The van der Waals surface area contributed by atoms with Crippen LogP contribution in [0.4, 0.5) is 5.13 Å². The van der Waals surface area contributed by atoms with Crippen molar-refractivity contribution in [3.05, 3.63) is 47.0 Å². The summed E-state index contributed by atoms with van der Waals surface area (Å²) in [5.74, 6) is -0.214. The lowest BCUT2D eigenvalue weighted by molar-refractivity contribution is -0.125. The van der Waals surface area contributed by atoms with Crippen molar-refractivity contribution in [3.8, 4) is 0 Å². The Kier molecular flexibility index (Phi) is 3.47. The van der Waals surface area contributed by atoms with E-state index >= 15 is 0 Å². The zero-order valence-electron chi connectivity index (χ0n) is 10.9. The molecule has 1 amide bonds. The largest absolute Gasteiger partial charge is 0.382 e. The highest BCUT2D eigenvalue weighted by Gasteiger charge is 2.29. The molecule has 1 unspecified atom stereocenters. The van der Waals surface area contributed by atoms with E-state index in [1.54, 1.807) is 6.20 Å². The fourth-order valence-electron chi connectivity index (χ4n) is 1.92. The van der Waals surface area contributed by atoms with Gasteiger partial charge < -0.3 is 4.84 Å². The van der Waals surface area contributed by atoms with Gasteiger partial charge in [-0.3, -0.25) is 10.1 Å². The zero-order valence-corrected chi connectivity index (χ0v) is 11.7. The highest BCUT2D eigenvalue weighted by Crippen LogP contribution is 2.20. The molecule has 3 rings (SSSR count). The normalized spacial score (nSPS) is 17.4. The summed E-state index contributed by atoms with van der Waals surface area (Å²) in [4.78, 5) is 22.4. The van der Waals surface area contributed by atoms with Crippen LogP contribution in [-0.4, -0.2) is 22.7 Å². The third-order valence-corrected chi connectivity index (χ3v) is 3.75. The Labute approximate surface area is 120 Å². The van der Waals surface area contributed by atoms with Crippen LogP contribution in [-0.2, 0) is 9.63 Å². The average molecular weight is 287 g/mol. The van der Waals surface area contributed by atoms with E-state index in [9.17, 15) is 4.79 Å². The van der Waals surface area contributed by atoms with Crippen molar-refractivity contribution in [1.29, 1.82) is 0 Å². The van der Waals surface area contributed by atoms with E-state index in [0.717, 1.165) is 16.2 Å². The molecule has 0 fully saturated rings. The number of nitrogens with zero attached hydrogens (tertiary/aromatic N) is 2. The third-order valence-electron chi connectivity index (χ3n) is 2.92. The summed E-state index contributed by atoms with van der Waals surface area (Å²) >= 11 is 1.44. The molecule has 20 heavy (non-hydrogen) atoms. The van der Waals surface area contributed by atoms with Crippen molar-refractivity contribution < 1.29 is 9.63 Å². The maximum Gasteiger partial charge on any atom is 0.270 e. The Hall–Kier alpha value is -2.21. The summed E-state index contributed by atoms with van der Waals surface area (Å²) in [6.07, 6.45) is 1.61. The first-order valence-corrected chi connectivity index (χ1v) is 7.05. The van der Waals surface area contributed by atoms with Crippen LogP contribution in [0.25, 0.3) is 0 Å². The van der Waals surface area contributed by atoms with Crippen molar-refractivity contribution in [2.75, 3.05) is 5.32 Å². The Morgan fingerprint density at radius 1 is 1.40 bits per heavy atom. The second-order valence-corrected chi connectivity index (χ2v) is 5.70. The number of benzene rings is 1. The molecule has 1 N–H and O–H groups in total. The van der Waals surface area contributed by atoms with Crippen molar-refractivity contribution in [1.82, 2.24) is 4.98 Å². The first kappa shape index (κ1) is 12.8. The van der Waals surface area contributed by atoms with Crippen LogP contribution in [0.3, 0.4) is 0 Å². The van der Waals surface area contributed by atoms with Crippen molar-refractivity contribution >= 4 is 28.1 Å². The molecule has 102 valence electrons. The number of rotatable bonds is 3. The minimum absolute atomic E-state index is 0.214. The average Bonchev–Trinajstić information content (AvgIpc) is 3.09. The molecule has 0 spiro atoms. The van der Waals surface area contributed by atoms with Gasteiger partial charge in [0.1, 0.15) is 0 Å². The predicted molar refractivity (Wildman–Crippen MR) is 77.9 cm³/mol. The molecule has 0 saturated carbocycles. The summed E-state index contributed by atoms with van der Waals surface area (Å²) in [6.45, 7) is 1.94. The quantitative estimate of drug-likeness (QED) is 0.943. The predicted octanol–water partition coefficient (Wildman–Crippen LogP) is 2.58. The molecule has 1 aliphatic rings. The number of anilines is 1. The summed E-state index contributed by atoms with van der Waals surface area (Å²) in [5.41, 5.74) is 1.77. The highest BCUT2D eigenvalue weighted by molar-refractivity contribution is 7.15. The smallest absolute Gasteiger partial charge is 0.270 e. The molecular weight excluding hydrogens is 274 g/mol. The molecule has 1 aliphatic heterocycles. The molecular formula is C14H13N3O2S. The SMILES string of the molecule is Cc1cnc(NC(=O)C2CC(c3ccccc3)=NO2)s1. The molecule has 1 atom stereocenters. The van der Waals surface area contributed by atoms with Gasteiger partial charge in [-0.2, -0.15) is 0 Å². The number of carbonyl (C=O) groups is 1. The van der Waals surface area contributed by atoms with Gasteiger partial charge in [0.05, 0.1) is 5.71 Å². The van der Waals surface area contributed by atoms with Crippen molar-refractivity contribution in [2.24, 2.45) is 5.16 Å². The van der Waals surface area contributed by atoms with E-state index in [1.165, 1.54) is 11.3 Å². The summed E-state index contributed by atoms with van der Waals surface area (Å²) in [7, 11) is 0. The topological polar surface area (TPSA) is 63.6 Å². The van der Waals surface area contributed by atoms with Crippen molar-refractivity contribution in [2.45, 2.75) is 19.4 Å². The van der Waals surface area contributed by atoms with Crippen LogP contribution >= 0.6 is 11.3 Å². The lowest BCUT2D eigenvalue weighted by atomic mass is 10.1. The molecule has 5 nitrogen and oxygen atoms in total. The van der Waals surface area contributed by atoms with Crippen LogP contribution in [0.1, 0.15) is 16.9 Å². The third kappa shape index (κ3) is 2.70. The molecule has 1 aromatic carbocycles. The van der Waals surface area contributed by atoms with Crippen LogP contribution in [0.5, 0.6) is 0 Å². The minimum atomic E-state index is -0.589. The Balaban J connectivity index is 1.62. The molecule has 2 heterocycles. The van der Waals surface area contributed by atoms with E-state index < -0.39 is 6.10 Å². The van der Waals surface area contributed by atoms with Crippen LogP contribution in [0.2, 0.25) is 0 Å². The molecule has 0 bridgehead atoms. The van der Waals surface area contributed by atoms with E-state index in [0.29, 0.717) is 11.6 Å². The van der Waals surface area contributed by atoms with E-state index in [-0.39, 0.29) is 5.91 Å². The zero-order chi connectivity index (χ0) is 13.9. The molecule has 0 radical (unpaired) electrons. The molecule has 6 heteroatoms. The van der Waals surface area contributed by atoms with Crippen LogP contribution in [0.15, 0.2) is 41.7 Å². The van der Waals surface area contributed by atoms with Gasteiger partial charge in [-0.1, -0.05) is 35.5 Å². The van der Waals surface area contributed by atoms with Gasteiger partial charge >= 0.3 is 0 Å². The fourth-order valence-corrected chi connectivity index (χ4v) is 2.58. The standard InChI is InChI=1S/C14H13N3O2S/c1-9-8-15-14(20-9)16-13(18)12-7-11(17-19-12)10-5-3-2-4-6-10/h2-6,8,12H,7H2,1H3,(H,15,16,18). The first-order valence-electron chi connectivity index (χ1n) is 6.24. The number of oxime groups is 1. The first-order chi connectivity index (χ1) is 9.72. The summed E-state index contributed by atoms with van der Waals surface area (Å²) in [6, 6.07) is 9.71. The maximum atomic E-state index is 12.1. The van der Waals surface area contributed by atoms with Gasteiger partial charge in [0.15, 0.2) is 5.13 Å². The van der Waals surface area contributed by atoms with E-state index in [2.05, 4.69) is 15.5 Å². The van der Waals surface area contributed by atoms with Crippen LogP contribution in [0, 0.1) is 6.92 Å². The van der Waals surface area contributed by atoms with Gasteiger partial charge in [0, 0.05) is 17.5 Å².